The molecule has 1 aromatic carbocycles. The minimum atomic E-state index is -4.42. The lowest BCUT2D eigenvalue weighted by Crippen LogP contribution is -2.10. The van der Waals surface area contributed by atoms with Gasteiger partial charge in [0.15, 0.2) is 5.43 Å². The van der Waals surface area contributed by atoms with Crippen LogP contribution in [-0.4, -0.2) is 10.3 Å². The second kappa shape index (κ2) is 5.97. The Morgan fingerprint density at radius 2 is 1.95 bits per heavy atom. The van der Waals surface area contributed by atoms with Crippen LogP contribution < -0.4 is 5.43 Å². The van der Waals surface area contributed by atoms with Crippen LogP contribution in [0.1, 0.15) is 12.5 Å². The number of nitrogens with zero attached hydrogens (tertiary/aromatic N) is 1. The lowest BCUT2D eigenvalue weighted by atomic mass is 10.0. The molecule has 0 atom stereocenters. The number of benzene rings is 1. The molecule has 0 aliphatic rings. The number of aryl methyl sites for hydroxylation is 1. The van der Waals surface area contributed by atoms with Gasteiger partial charge >= 0.3 is 6.18 Å². The van der Waals surface area contributed by atoms with E-state index in [2.05, 4.69) is 0 Å². The Morgan fingerprint density at radius 3 is 2.57 bits per heavy atom. The van der Waals surface area contributed by atoms with Crippen molar-refractivity contribution in [2.24, 2.45) is 7.05 Å². The molecule has 0 aliphatic carbocycles. The number of aromatic nitrogens is 1. The van der Waals surface area contributed by atoms with Crippen LogP contribution in [0.2, 0.25) is 0 Å². The summed E-state index contributed by atoms with van der Waals surface area (Å²) in [6.07, 6.45) is -2.84. The summed E-state index contributed by atoms with van der Waals surface area (Å²) in [7, 11) is 1.77. The van der Waals surface area contributed by atoms with Gasteiger partial charge < -0.3 is 4.57 Å². The lowest BCUT2D eigenvalue weighted by Gasteiger charge is -2.11. The Labute approximate surface area is 124 Å². The molecule has 0 saturated heterocycles. The van der Waals surface area contributed by atoms with Crippen LogP contribution in [0.3, 0.4) is 0 Å². The quantitative estimate of drug-likeness (QED) is 0.793. The molecule has 112 valence electrons. The van der Waals surface area contributed by atoms with Gasteiger partial charge in [-0.05, 0) is 23.4 Å². The lowest BCUT2D eigenvalue weighted by molar-refractivity contribution is -0.137. The molecule has 21 heavy (non-hydrogen) atoms. The second-order valence-electron chi connectivity index (χ2n) is 4.51. The number of pyridine rings is 1. The van der Waals surface area contributed by atoms with Gasteiger partial charge in [0.05, 0.1) is 10.6 Å². The standard InChI is InChI=1S/C15H14F3NOS/c1-3-21-14-8-13(20)12(9-19(14)2)10-5-4-6-11(7-10)15(16,17)18/h4-9H,3H2,1-2H3. The highest BCUT2D eigenvalue weighted by Crippen LogP contribution is 2.31. The molecular weight excluding hydrogens is 299 g/mol. The van der Waals surface area contributed by atoms with Crippen LogP contribution in [0, 0.1) is 0 Å². The second-order valence-corrected chi connectivity index (χ2v) is 5.80. The van der Waals surface area contributed by atoms with Crippen molar-refractivity contribution < 1.29 is 13.2 Å². The van der Waals surface area contributed by atoms with E-state index in [0.717, 1.165) is 22.9 Å². The SMILES string of the molecule is CCSc1cc(=O)c(-c2cccc(C(F)(F)F)c2)cn1C. The van der Waals surface area contributed by atoms with Crippen molar-refractivity contribution in [3.63, 3.8) is 0 Å². The molecular formula is C15H14F3NOS. The Morgan fingerprint density at radius 1 is 1.24 bits per heavy atom. The minimum absolute atomic E-state index is 0.268. The summed E-state index contributed by atoms with van der Waals surface area (Å²) in [5.74, 6) is 0.816. The predicted octanol–water partition coefficient (Wildman–Crippen LogP) is 4.18. The number of hydrogen-bond acceptors (Lipinski definition) is 2. The fraction of sp³-hybridized carbons (Fsp3) is 0.267. The van der Waals surface area contributed by atoms with E-state index in [4.69, 9.17) is 0 Å². The van der Waals surface area contributed by atoms with E-state index in [-0.39, 0.29) is 16.6 Å². The highest BCUT2D eigenvalue weighted by Gasteiger charge is 2.30. The van der Waals surface area contributed by atoms with Crippen molar-refractivity contribution in [2.75, 3.05) is 5.75 Å². The van der Waals surface area contributed by atoms with Crippen LogP contribution in [0.4, 0.5) is 13.2 Å². The fourth-order valence-electron chi connectivity index (χ4n) is 1.98. The largest absolute Gasteiger partial charge is 0.416 e. The Kier molecular flexibility index (Phi) is 4.46. The third-order valence-corrected chi connectivity index (χ3v) is 3.97. The zero-order chi connectivity index (χ0) is 15.6. The summed E-state index contributed by atoms with van der Waals surface area (Å²) in [5.41, 5.74) is -0.486. The van der Waals surface area contributed by atoms with Gasteiger partial charge in [-0.25, -0.2) is 0 Å². The average Bonchev–Trinajstić information content (AvgIpc) is 2.42. The van der Waals surface area contributed by atoms with Gasteiger partial charge in [0, 0.05) is 24.9 Å². The average molecular weight is 313 g/mol. The molecule has 0 fully saturated rings. The van der Waals surface area contributed by atoms with E-state index in [1.807, 2.05) is 6.92 Å². The van der Waals surface area contributed by atoms with Gasteiger partial charge in [-0.2, -0.15) is 13.2 Å². The maximum Gasteiger partial charge on any atom is 0.416 e. The third-order valence-electron chi connectivity index (χ3n) is 2.98. The Hall–Kier alpha value is -1.69. The van der Waals surface area contributed by atoms with E-state index in [1.54, 1.807) is 17.8 Å². The van der Waals surface area contributed by atoms with Gasteiger partial charge in [-0.1, -0.05) is 19.1 Å². The first kappa shape index (κ1) is 15.7. The number of rotatable bonds is 3. The zero-order valence-corrected chi connectivity index (χ0v) is 12.4. The molecule has 2 rings (SSSR count). The number of halogens is 3. The summed E-state index contributed by atoms with van der Waals surface area (Å²) in [6, 6.07) is 6.29. The molecule has 0 saturated carbocycles. The molecule has 0 N–H and O–H groups in total. The van der Waals surface area contributed by atoms with Crippen LogP contribution in [-0.2, 0) is 13.2 Å². The summed E-state index contributed by atoms with van der Waals surface area (Å²) in [4.78, 5) is 12.1. The van der Waals surface area contributed by atoms with Crippen molar-refractivity contribution in [3.05, 3.63) is 52.3 Å². The number of hydrogen-bond donors (Lipinski definition) is 0. The van der Waals surface area contributed by atoms with Crippen LogP contribution in [0.25, 0.3) is 11.1 Å². The maximum atomic E-state index is 12.7. The van der Waals surface area contributed by atoms with E-state index >= 15 is 0 Å². The molecule has 6 heteroatoms. The smallest absolute Gasteiger partial charge is 0.345 e. The molecule has 0 bridgehead atoms. The van der Waals surface area contributed by atoms with Gasteiger partial charge in [0.25, 0.3) is 0 Å². The molecule has 1 aromatic heterocycles. The molecule has 1 heterocycles. The first-order valence-corrected chi connectivity index (χ1v) is 7.32. The molecule has 0 amide bonds. The first-order chi connectivity index (χ1) is 9.82. The highest BCUT2D eigenvalue weighted by atomic mass is 32.2. The summed E-state index contributed by atoms with van der Waals surface area (Å²) in [6.45, 7) is 1.97. The fourth-order valence-corrected chi connectivity index (χ4v) is 2.73. The van der Waals surface area contributed by atoms with Crippen LogP contribution in [0.15, 0.2) is 46.3 Å². The summed E-state index contributed by atoms with van der Waals surface area (Å²) in [5, 5.41) is 0.790. The molecule has 0 aliphatic heterocycles. The maximum absolute atomic E-state index is 12.7. The van der Waals surface area contributed by atoms with Crippen LogP contribution in [0.5, 0.6) is 0 Å². The van der Waals surface area contributed by atoms with Gasteiger partial charge in [0.1, 0.15) is 0 Å². The topological polar surface area (TPSA) is 22.0 Å². The monoisotopic (exact) mass is 313 g/mol. The van der Waals surface area contributed by atoms with Gasteiger partial charge in [-0.3, -0.25) is 4.79 Å². The van der Waals surface area contributed by atoms with Crippen LogP contribution >= 0.6 is 11.8 Å². The molecule has 0 spiro atoms. The summed E-state index contributed by atoms with van der Waals surface area (Å²) < 4.78 is 40.0. The van der Waals surface area contributed by atoms with Gasteiger partial charge in [-0.15, -0.1) is 11.8 Å². The number of alkyl halides is 3. The van der Waals surface area contributed by atoms with E-state index in [9.17, 15) is 18.0 Å². The predicted molar refractivity (Wildman–Crippen MR) is 78.5 cm³/mol. The van der Waals surface area contributed by atoms with Crippen molar-refractivity contribution in [2.45, 2.75) is 18.1 Å². The van der Waals surface area contributed by atoms with Crippen molar-refractivity contribution in [1.82, 2.24) is 4.57 Å². The molecule has 2 nitrogen and oxygen atoms in total. The normalized spacial score (nSPS) is 11.7. The van der Waals surface area contributed by atoms with Crippen molar-refractivity contribution in [1.29, 1.82) is 0 Å². The Bertz CT molecular complexity index is 707. The van der Waals surface area contributed by atoms with Crippen molar-refractivity contribution >= 4 is 11.8 Å². The minimum Gasteiger partial charge on any atom is -0.345 e. The van der Waals surface area contributed by atoms with E-state index in [1.165, 1.54) is 30.0 Å². The highest BCUT2D eigenvalue weighted by molar-refractivity contribution is 7.99. The molecule has 0 unspecified atom stereocenters. The third kappa shape index (κ3) is 3.50. The van der Waals surface area contributed by atoms with E-state index in [0.29, 0.717) is 0 Å². The molecule has 0 radical (unpaired) electrons. The first-order valence-electron chi connectivity index (χ1n) is 6.34. The summed E-state index contributed by atoms with van der Waals surface area (Å²) >= 11 is 1.51. The Balaban J connectivity index is 2.53. The number of thioether (sulfide) groups is 1. The van der Waals surface area contributed by atoms with Gasteiger partial charge in [0.2, 0.25) is 0 Å². The van der Waals surface area contributed by atoms with E-state index < -0.39 is 11.7 Å². The molecule has 2 aromatic rings. The zero-order valence-electron chi connectivity index (χ0n) is 11.6. The van der Waals surface area contributed by atoms with Crippen molar-refractivity contribution in [3.8, 4) is 11.1 Å².